The van der Waals surface area contributed by atoms with Gasteiger partial charge in [0.2, 0.25) is 16.9 Å². The lowest BCUT2D eigenvalue weighted by molar-refractivity contribution is -0.384. The number of aromatic nitrogens is 2. The summed E-state index contributed by atoms with van der Waals surface area (Å²) in [6, 6.07) is 5.95. The van der Waals surface area contributed by atoms with Crippen molar-refractivity contribution >= 4 is 34.0 Å². The number of amides is 2. The predicted molar refractivity (Wildman–Crippen MR) is 98.3 cm³/mol. The molecule has 0 unspecified atom stereocenters. The number of benzene rings is 1. The van der Waals surface area contributed by atoms with Gasteiger partial charge in [-0.25, -0.2) is 5.48 Å². The maximum Gasteiger partial charge on any atom is 0.269 e. The first-order valence-electron chi connectivity index (χ1n) is 8.30. The Hall–Kier alpha value is -2.92. The third-order valence-corrected chi connectivity index (χ3v) is 4.57. The zero-order valence-corrected chi connectivity index (χ0v) is 15.2. The number of anilines is 1. The molecule has 3 N–H and O–H groups in total. The molecule has 0 spiro atoms. The molecule has 1 aromatic heterocycles. The first kappa shape index (κ1) is 20.4. The van der Waals surface area contributed by atoms with Crippen LogP contribution in [0.3, 0.4) is 0 Å². The van der Waals surface area contributed by atoms with E-state index in [1.165, 1.54) is 23.5 Å². The molecule has 144 valence electrons. The summed E-state index contributed by atoms with van der Waals surface area (Å²) < 4.78 is 0. The topological polar surface area (TPSA) is 147 Å². The fraction of sp³-hybridized carbons (Fsp3) is 0.375. The summed E-state index contributed by atoms with van der Waals surface area (Å²) in [6.07, 6.45) is 3.53. The van der Waals surface area contributed by atoms with Crippen molar-refractivity contribution in [1.29, 1.82) is 0 Å². The molecule has 11 heteroatoms. The van der Waals surface area contributed by atoms with E-state index in [0.717, 1.165) is 12.8 Å². The maximum atomic E-state index is 11.9. The molecule has 2 rings (SSSR count). The third kappa shape index (κ3) is 6.72. The second-order valence-corrected chi connectivity index (χ2v) is 6.69. The van der Waals surface area contributed by atoms with Crippen LogP contribution < -0.4 is 10.8 Å². The van der Waals surface area contributed by atoms with Gasteiger partial charge in [-0.3, -0.25) is 24.9 Å². The monoisotopic (exact) mass is 393 g/mol. The average Bonchev–Trinajstić information content (AvgIpc) is 3.12. The van der Waals surface area contributed by atoms with E-state index in [9.17, 15) is 19.7 Å². The zero-order chi connectivity index (χ0) is 19.6. The lowest BCUT2D eigenvalue weighted by Gasteiger charge is -2.02. The number of rotatable bonds is 10. The number of nitrogens with one attached hydrogen (secondary N) is 2. The van der Waals surface area contributed by atoms with Gasteiger partial charge in [-0.05, 0) is 25.0 Å². The Morgan fingerprint density at radius 1 is 1.04 bits per heavy atom. The van der Waals surface area contributed by atoms with E-state index >= 15 is 0 Å². The first-order chi connectivity index (χ1) is 13.0. The Morgan fingerprint density at radius 2 is 1.67 bits per heavy atom. The molecule has 0 aliphatic rings. The van der Waals surface area contributed by atoms with Crippen LogP contribution in [-0.4, -0.2) is 32.1 Å². The Bertz CT molecular complexity index is 793. The van der Waals surface area contributed by atoms with Gasteiger partial charge in [-0.2, -0.15) is 0 Å². The highest BCUT2D eigenvalue weighted by atomic mass is 32.1. The van der Waals surface area contributed by atoms with Gasteiger partial charge in [-0.1, -0.05) is 24.2 Å². The molecule has 0 radical (unpaired) electrons. The van der Waals surface area contributed by atoms with E-state index in [0.29, 0.717) is 35.0 Å². The van der Waals surface area contributed by atoms with Crippen LogP contribution >= 0.6 is 11.3 Å². The van der Waals surface area contributed by atoms with Crippen molar-refractivity contribution in [3.63, 3.8) is 0 Å². The molecule has 0 saturated heterocycles. The van der Waals surface area contributed by atoms with Crippen LogP contribution in [0.2, 0.25) is 0 Å². The number of hydrogen-bond donors (Lipinski definition) is 3. The molecule has 2 aromatic rings. The van der Waals surface area contributed by atoms with E-state index in [2.05, 4.69) is 15.5 Å². The highest BCUT2D eigenvalue weighted by Crippen LogP contribution is 2.27. The standard InChI is InChI=1S/C16H19N5O5S/c22-13(5-3-1-2-4-6-14(23)20-24)17-16-19-18-15(27-16)11-7-9-12(10-8-11)21(25)26/h7-10,24H,1-6H2,(H,20,23)(H,17,19,22). The van der Waals surface area contributed by atoms with Crippen molar-refractivity contribution < 1.29 is 19.7 Å². The predicted octanol–water partition coefficient (Wildman–Crippen LogP) is 2.90. The quantitative estimate of drug-likeness (QED) is 0.243. The van der Waals surface area contributed by atoms with E-state index in [1.54, 1.807) is 17.6 Å². The van der Waals surface area contributed by atoms with Crippen molar-refractivity contribution in [2.75, 3.05) is 5.32 Å². The minimum atomic E-state index is -0.475. The summed E-state index contributed by atoms with van der Waals surface area (Å²) >= 11 is 1.19. The molecule has 0 fully saturated rings. The lowest BCUT2D eigenvalue weighted by atomic mass is 10.1. The second-order valence-electron chi connectivity index (χ2n) is 5.71. The molecular formula is C16H19N5O5S. The van der Waals surface area contributed by atoms with E-state index in [1.807, 2.05) is 0 Å². The summed E-state index contributed by atoms with van der Waals surface area (Å²) in [5, 5.41) is 30.5. The van der Waals surface area contributed by atoms with Crippen LogP contribution in [-0.2, 0) is 9.59 Å². The lowest BCUT2D eigenvalue weighted by Crippen LogP contribution is -2.17. The number of nitrogens with zero attached hydrogens (tertiary/aromatic N) is 3. The number of non-ortho nitro benzene ring substituents is 1. The van der Waals surface area contributed by atoms with Gasteiger partial charge in [0.15, 0.2) is 0 Å². The summed E-state index contributed by atoms with van der Waals surface area (Å²) in [5.41, 5.74) is 2.26. The summed E-state index contributed by atoms with van der Waals surface area (Å²) in [6.45, 7) is 0. The fourth-order valence-corrected chi connectivity index (χ4v) is 3.04. The van der Waals surface area contributed by atoms with Gasteiger partial charge in [0, 0.05) is 30.5 Å². The largest absolute Gasteiger partial charge is 0.301 e. The van der Waals surface area contributed by atoms with Crippen LogP contribution in [0.4, 0.5) is 10.8 Å². The maximum absolute atomic E-state index is 11.9. The molecule has 0 bridgehead atoms. The molecule has 0 saturated carbocycles. The van der Waals surface area contributed by atoms with Crippen LogP contribution in [0.25, 0.3) is 10.6 Å². The van der Waals surface area contributed by atoms with Crippen molar-refractivity contribution in [2.24, 2.45) is 0 Å². The highest BCUT2D eigenvalue weighted by Gasteiger charge is 2.11. The number of carbonyl (C=O) groups excluding carboxylic acids is 2. The van der Waals surface area contributed by atoms with Crippen LogP contribution in [0.5, 0.6) is 0 Å². The molecular weight excluding hydrogens is 374 g/mol. The Kier molecular flexibility index (Phi) is 7.77. The molecule has 2 amide bonds. The van der Waals surface area contributed by atoms with Gasteiger partial charge < -0.3 is 5.32 Å². The van der Waals surface area contributed by atoms with E-state index in [4.69, 9.17) is 5.21 Å². The zero-order valence-electron chi connectivity index (χ0n) is 14.4. The number of unbranched alkanes of at least 4 members (excludes halogenated alkanes) is 3. The molecule has 0 aliphatic heterocycles. The SMILES string of the molecule is O=C(CCCCCCC(=O)Nc1nnc(-c2ccc([N+](=O)[O-])cc2)s1)NO. The first-order valence-corrected chi connectivity index (χ1v) is 9.12. The summed E-state index contributed by atoms with van der Waals surface area (Å²) in [4.78, 5) is 33.0. The number of hydrogen-bond acceptors (Lipinski definition) is 8. The molecule has 0 aliphatic carbocycles. The minimum Gasteiger partial charge on any atom is -0.301 e. The normalized spacial score (nSPS) is 10.4. The highest BCUT2D eigenvalue weighted by molar-refractivity contribution is 7.18. The Balaban J connectivity index is 1.74. The van der Waals surface area contributed by atoms with E-state index in [-0.39, 0.29) is 18.0 Å². The van der Waals surface area contributed by atoms with Gasteiger partial charge in [-0.15, -0.1) is 10.2 Å². The van der Waals surface area contributed by atoms with Crippen LogP contribution in [0, 0.1) is 10.1 Å². The molecule has 27 heavy (non-hydrogen) atoms. The van der Waals surface area contributed by atoms with Gasteiger partial charge in [0.25, 0.3) is 5.69 Å². The van der Waals surface area contributed by atoms with E-state index < -0.39 is 10.8 Å². The number of hydroxylamine groups is 1. The average molecular weight is 393 g/mol. The van der Waals surface area contributed by atoms with Crippen molar-refractivity contribution in [2.45, 2.75) is 38.5 Å². The second kappa shape index (κ2) is 10.3. The van der Waals surface area contributed by atoms with Gasteiger partial charge in [0.05, 0.1) is 4.92 Å². The molecule has 1 aromatic carbocycles. The third-order valence-electron chi connectivity index (χ3n) is 3.68. The van der Waals surface area contributed by atoms with Crippen molar-refractivity contribution in [3.05, 3.63) is 34.4 Å². The van der Waals surface area contributed by atoms with Crippen molar-refractivity contribution in [3.8, 4) is 10.6 Å². The minimum absolute atomic E-state index is 0.00576. The molecule has 1 heterocycles. The Morgan fingerprint density at radius 3 is 2.26 bits per heavy atom. The number of nitro groups is 1. The molecule has 0 atom stereocenters. The van der Waals surface area contributed by atoms with Gasteiger partial charge in [0.1, 0.15) is 5.01 Å². The Labute approximate surface area is 158 Å². The summed E-state index contributed by atoms with van der Waals surface area (Å²) in [5.74, 6) is -0.581. The summed E-state index contributed by atoms with van der Waals surface area (Å²) in [7, 11) is 0. The van der Waals surface area contributed by atoms with Gasteiger partial charge >= 0.3 is 0 Å². The number of carbonyl (C=O) groups is 2. The fourth-order valence-electron chi connectivity index (χ4n) is 2.28. The number of nitro benzene ring substituents is 1. The van der Waals surface area contributed by atoms with Crippen LogP contribution in [0.1, 0.15) is 38.5 Å². The van der Waals surface area contributed by atoms with Crippen LogP contribution in [0.15, 0.2) is 24.3 Å². The smallest absolute Gasteiger partial charge is 0.269 e. The molecule has 10 nitrogen and oxygen atoms in total. The van der Waals surface area contributed by atoms with Crippen molar-refractivity contribution in [1.82, 2.24) is 15.7 Å².